The van der Waals surface area contributed by atoms with E-state index in [0.29, 0.717) is 27.6 Å². The van der Waals surface area contributed by atoms with E-state index in [1.165, 1.54) is 11.8 Å². The van der Waals surface area contributed by atoms with Crippen molar-refractivity contribution in [3.63, 3.8) is 0 Å². The van der Waals surface area contributed by atoms with Gasteiger partial charge in [0.1, 0.15) is 0 Å². The third-order valence-corrected chi connectivity index (χ3v) is 3.16. The predicted molar refractivity (Wildman–Crippen MR) is 73.3 cm³/mol. The Hall–Kier alpha value is -1.83. The number of aromatic amines is 1. The SMILES string of the molecule is Cc1nn(C)cc1C(=O)Nc1nc(SC(C)C)n[nH]1. The number of carbonyl (C=O) groups is 1. The van der Waals surface area contributed by atoms with Gasteiger partial charge in [0, 0.05) is 18.5 Å². The van der Waals surface area contributed by atoms with Crippen LogP contribution in [0.3, 0.4) is 0 Å². The molecule has 2 N–H and O–H groups in total. The fourth-order valence-corrected chi connectivity index (χ4v) is 2.23. The van der Waals surface area contributed by atoms with Gasteiger partial charge in [-0.25, -0.2) is 5.10 Å². The molecule has 19 heavy (non-hydrogen) atoms. The number of nitrogens with zero attached hydrogens (tertiary/aromatic N) is 4. The number of rotatable bonds is 4. The summed E-state index contributed by atoms with van der Waals surface area (Å²) in [5.41, 5.74) is 1.20. The van der Waals surface area contributed by atoms with Gasteiger partial charge in [-0.15, -0.1) is 5.10 Å². The van der Waals surface area contributed by atoms with Crippen LogP contribution >= 0.6 is 11.8 Å². The fourth-order valence-electron chi connectivity index (χ4n) is 1.56. The summed E-state index contributed by atoms with van der Waals surface area (Å²) in [4.78, 5) is 16.2. The highest BCUT2D eigenvalue weighted by Crippen LogP contribution is 2.19. The summed E-state index contributed by atoms with van der Waals surface area (Å²) < 4.78 is 1.60. The average molecular weight is 280 g/mol. The van der Waals surface area contributed by atoms with Gasteiger partial charge >= 0.3 is 0 Å². The van der Waals surface area contributed by atoms with Crippen molar-refractivity contribution in [2.24, 2.45) is 7.05 Å². The van der Waals surface area contributed by atoms with E-state index >= 15 is 0 Å². The first-order chi connectivity index (χ1) is 8.95. The Balaban J connectivity index is 2.07. The van der Waals surface area contributed by atoms with Gasteiger partial charge < -0.3 is 0 Å². The summed E-state index contributed by atoms with van der Waals surface area (Å²) in [5, 5.41) is 14.5. The number of nitrogens with one attached hydrogen (secondary N) is 2. The van der Waals surface area contributed by atoms with Crippen LogP contribution in [0.15, 0.2) is 11.4 Å². The standard InChI is InChI=1S/C11H16N6OS/c1-6(2)19-11-13-10(14-15-11)12-9(18)8-5-17(4)16-7(8)3/h5-6H,1-4H3,(H2,12,13,14,15,18). The largest absolute Gasteiger partial charge is 0.291 e. The summed E-state index contributed by atoms with van der Waals surface area (Å²) in [7, 11) is 1.77. The highest BCUT2D eigenvalue weighted by Gasteiger charge is 2.14. The number of aromatic nitrogens is 5. The van der Waals surface area contributed by atoms with Crippen LogP contribution < -0.4 is 5.32 Å². The molecule has 0 aliphatic heterocycles. The molecule has 8 heteroatoms. The zero-order chi connectivity index (χ0) is 14.0. The zero-order valence-electron chi connectivity index (χ0n) is 11.3. The summed E-state index contributed by atoms with van der Waals surface area (Å²) in [6.45, 7) is 5.89. The Labute approximate surface area is 115 Å². The molecule has 1 amide bonds. The third-order valence-electron chi connectivity index (χ3n) is 2.30. The number of aryl methyl sites for hydroxylation is 2. The molecule has 0 aliphatic rings. The quantitative estimate of drug-likeness (QED) is 0.830. The molecule has 0 saturated heterocycles. The van der Waals surface area contributed by atoms with Gasteiger partial charge in [-0.3, -0.25) is 14.8 Å². The van der Waals surface area contributed by atoms with Crippen LogP contribution in [-0.4, -0.2) is 36.1 Å². The molecule has 102 valence electrons. The summed E-state index contributed by atoms with van der Waals surface area (Å²) >= 11 is 1.53. The van der Waals surface area contributed by atoms with E-state index < -0.39 is 0 Å². The maximum absolute atomic E-state index is 12.0. The van der Waals surface area contributed by atoms with Gasteiger partial charge in [0.05, 0.1) is 11.3 Å². The first kappa shape index (κ1) is 13.6. The van der Waals surface area contributed by atoms with Crippen LogP contribution in [-0.2, 0) is 7.05 Å². The van der Waals surface area contributed by atoms with Crippen LogP contribution in [0.5, 0.6) is 0 Å². The van der Waals surface area contributed by atoms with Crippen molar-refractivity contribution in [2.45, 2.75) is 31.2 Å². The maximum atomic E-state index is 12.0. The second-order valence-electron chi connectivity index (χ2n) is 4.39. The average Bonchev–Trinajstić information content (AvgIpc) is 2.84. The number of amides is 1. The van der Waals surface area contributed by atoms with E-state index in [9.17, 15) is 4.79 Å². The van der Waals surface area contributed by atoms with Crippen LogP contribution in [0, 0.1) is 6.92 Å². The molecule has 0 aliphatic carbocycles. The zero-order valence-corrected chi connectivity index (χ0v) is 12.1. The third kappa shape index (κ3) is 3.34. The topological polar surface area (TPSA) is 88.5 Å². The molecule has 7 nitrogen and oxygen atoms in total. The van der Waals surface area contributed by atoms with Crippen molar-refractivity contribution in [3.05, 3.63) is 17.5 Å². The van der Waals surface area contributed by atoms with E-state index in [0.717, 1.165) is 0 Å². The summed E-state index contributed by atoms with van der Waals surface area (Å²) in [6.07, 6.45) is 1.67. The Morgan fingerprint density at radius 1 is 1.53 bits per heavy atom. The highest BCUT2D eigenvalue weighted by atomic mass is 32.2. The first-order valence-electron chi connectivity index (χ1n) is 5.86. The lowest BCUT2D eigenvalue weighted by atomic mass is 10.2. The van der Waals surface area contributed by atoms with Gasteiger partial charge in [0.2, 0.25) is 11.1 Å². The van der Waals surface area contributed by atoms with Crippen molar-refractivity contribution in [2.75, 3.05) is 5.32 Å². The molecular formula is C11H16N6OS. The summed E-state index contributed by atoms with van der Waals surface area (Å²) in [6, 6.07) is 0. The first-order valence-corrected chi connectivity index (χ1v) is 6.74. The molecule has 0 unspecified atom stereocenters. The smallest absolute Gasteiger partial charge is 0.261 e. The van der Waals surface area contributed by atoms with E-state index in [2.05, 4.69) is 39.4 Å². The van der Waals surface area contributed by atoms with E-state index in [1.54, 1.807) is 24.9 Å². The molecule has 0 aromatic carbocycles. The Kier molecular flexibility index (Phi) is 3.89. The Morgan fingerprint density at radius 2 is 2.26 bits per heavy atom. The molecule has 0 bridgehead atoms. The molecule has 2 aromatic heterocycles. The lowest BCUT2D eigenvalue weighted by Crippen LogP contribution is -2.13. The second-order valence-corrected chi connectivity index (χ2v) is 5.93. The lowest BCUT2D eigenvalue weighted by molar-refractivity contribution is 0.102. The molecular weight excluding hydrogens is 264 g/mol. The van der Waals surface area contributed by atoms with E-state index in [-0.39, 0.29) is 5.91 Å². The molecule has 2 rings (SSSR count). The predicted octanol–water partition coefficient (Wildman–Crippen LogP) is 1.60. The van der Waals surface area contributed by atoms with Gasteiger partial charge in [-0.2, -0.15) is 10.1 Å². The maximum Gasteiger partial charge on any atom is 0.261 e. The number of hydrogen-bond acceptors (Lipinski definition) is 5. The van der Waals surface area contributed by atoms with Crippen LogP contribution in [0.2, 0.25) is 0 Å². The molecule has 0 saturated carbocycles. The van der Waals surface area contributed by atoms with E-state index in [4.69, 9.17) is 0 Å². The minimum atomic E-state index is -0.247. The van der Waals surface area contributed by atoms with Gasteiger partial charge in [0.15, 0.2) is 0 Å². The van der Waals surface area contributed by atoms with Crippen LogP contribution in [0.25, 0.3) is 0 Å². The Morgan fingerprint density at radius 3 is 2.84 bits per heavy atom. The van der Waals surface area contributed by atoms with Crippen molar-refractivity contribution in [1.82, 2.24) is 25.0 Å². The fraction of sp³-hybridized carbons (Fsp3) is 0.455. The number of carbonyl (C=O) groups excluding carboxylic acids is 1. The Bertz CT molecular complexity index is 588. The van der Waals surface area contributed by atoms with Crippen molar-refractivity contribution in [1.29, 1.82) is 0 Å². The summed E-state index contributed by atoms with van der Waals surface area (Å²) in [5.74, 6) is 0.0965. The molecule has 2 heterocycles. The van der Waals surface area contributed by atoms with Crippen molar-refractivity contribution >= 4 is 23.6 Å². The second kappa shape index (κ2) is 5.43. The normalized spacial score (nSPS) is 11.0. The number of thioether (sulfide) groups is 1. The number of H-pyrrole nitrogens is 1. The number of anilines is 1. The van der Waals surface area contributed by atoms with Gasteiger partial charge in [-0.05, 0) is 6.92 Å². The molecule has 0 fully saturated rings. The van der Waals surface area contributed by atoms with E-state index in [1.807, 2.05) is 0 Å². The van der Waals surface area contributed by atoms with Crippen molar-refractivity contribution < 1.29 is 4.79 Å². The van der Waals surface area contributed by atoms with Gasteiger partial charge in [-0.1, -0.05) is 25.6 Å². The van der Waals surface area contributed by atoms with Crippen LogP contribution in [0.1, 0.15) is 29.9 Å². The monoisotopic (exact) mass is 280 g/mol. The van der Waals surface area contributed by atoms with Crippen molar-refractivity contribution in [3.8, 4) is 0 Å². The highest BCUT2D eigenvalue weighted by molar-refractivity contribution is 7.99. The molecule has 2 aromatic rings. The number of hydrogen-bond donors (Lipinski definition) is 2. The molecule has 0 atom stereocenters. The van der Waals surface area contributed by atoms with Crippen LogP contribution in [0.4, 0.5) is 5.95 Å². The minimum Gasteiger partial charge on any atom is -0.291 e. The lowest BCUT2D eigenvalue weighted by Gasteiger charge is -1.99. The molecule has 0 spiro atoms. The van der Waals surface area contributed by atoms with Gasteiger partial charge in [0.25, 0.3) is 5.91 Å². The minimum absolute atomic E-state index is 0.247. The molecule has 0 radical (unpaired) electrons.